The Kier molecular flexibility index (Phi) is 5.47. The number of aromatic nitrogens is 1. The van der Waals surface area contributed by atoms with Gasteiger partial charge in [0.2, 0.25) is 0 Å². The lowest BCUT2D eigenvalue weighted by Crippen LogP contribution is -2.17. The monoisotopic (exact) mass is 370 g/mol. The highest BCUT2D eigenvalue weighted by Gasteiger charge is 2.19. The van der Waals surface area contributed by atoms with Crippen LogP contribution in [0.5, 0.6) is 0 Å². The third-order valence-corrected chi connectivity index (χ3v) is 4.84. The Bertz CT molecular complexity index is 867. The van der Waals surface area contributed by atoms with Gasteiger partial charge in [0, 0.05) is 6.07 Å². The summed E-state index contributed by atoms with van der Waals surface area (Å²) in [5.41, 5.74) is -0.191. The minimum atomic E-state index is -3.83. The van der Waals surface area contributed by atoms with Gasteiger partial charge in [-0.05, 0) is 18.2 Å². The van der Waals surface area contributed by atoms with Crippen LogP contribution in [-0.4, -0.2) is 36.7 Å². The number of nitro groups is 1. The van der Waals surface area contributed by atoms with E-state index in [-0.39, 0.29) is 21.3 Å². The third-order valence-electron chi connectivity index (χ3n) is 2.93. The van der Waals surface area contributed by atoms with Crippen molar-refractivity contribution in [2.24, 2.45) is 0 Å². The fourth-order valence-corrected chi connectivity index (χ4v) is 2.93. The Morgan fingerprint density at radius 3 is 2.54 bits per heavy atom. The summed E-state index contributed by atoms with van der Waals surface area (Å²) >= 11 is 5.84. The van der Waals surface area contributed by atoms with Crippen LogP contribution >= 0.6 is 11.6 Å². The molecule has 8 nitrogen and oxygen atoms in total. The molecule has 0 saturated heterocycles. The van der Waals surface area contributed by atoms with E-state index >= 15 is 0 Å². The molecule has 0 unspecified atom stereocenters. The highest BCUT2D eigenvalue weighted by atomic mass is 35.5. The first-order chi connectivity index (χ1) is 11.3. The zero-order valence-electron chi connectivity index (χ0n) is 12.1. The summed E-state index contributed by atoms with van der Waals surface area (Å²) in [5.74, 6) is -1.25. The highest BCUT2D eigenvalue weighted by Crippen LogP contribution is 2.17. The molecule has 0 bridgehead atoms. The number of rotatable bonds is 6. The van der Waals surface area contributed by atoms with Crippen LogP contribution in [0.4, 0.5) is 5.69 Å². The summed E-state index contributed by atoms with van der Waals surface area (Å²) in [6.07, 6.45) is 0.850. The first-order valence-corrected chi connectivity index (χ1v) is 8.59. The van der Waals surface area contributed by atoms with Gasteiger partial charge >= 0.3 is 5.97 Å². The minimum absolute atomic E-state index is 0.130. The molecule has 0 saturated carbocycles. The van der Waals surface area contributed by atoms with Crippen molar-refractivity contribution >= 4 is 33.1 Å². The van der Waals surface area contributed by atoms with Gasteiger partial charge in [-0.15, -0.1) is 0 Å². The van der Waals surface area contributed by atoms with Crippen molar-refractivity contribution in [3.63, 3.8) is 0 Å². The molecule has 24 heavy (non-hydrogen) atoms. The second-order valence-electron chi connectivity index (χ2n) is 4.55. The number of hydrogen-bond acceptors (Lipinski definition) is 7. The van der Waals surface area contributed by atoms with E-state index in [9.17, 15) is 23.3 Å². The quantitative estimate of drug-likeness (QED) is 0.435. The van der Waals surface area contributed by atoms with Crippen molar-refractivity contribution in [3.05, 3.63) is 63.3 Å². The normalized spacial score (nSPS) is 11.0. The maximum absolute atomic E-state index is 12.0. The van der Waals surface area contributed by atoms with E-state index in [2.05, 4.69) is 4.98 Å². The van der Waals surface area contributed by atoms with Gasteiger partial charge in [0.1, 0.15) is 12.8 Å². The number of nitrogens with zero attached hydrogens (tertiary/aromatic N) is 2. The molecule has 0 aliphatic carbocycles. The van der Waals surface area contributed by atoms with E-state index in [1.165, 1.54) is 12.1 Å². The van der Waals surface area contributed by atoms with Gasteiger partial charge in [-0.1, -0.05) is 23.7 Å². The summed E-state index contributed by atoms with van der Waals surface area (Å²) in [5, 5.41) is 10.4. The Morgan fingerprint density at radius 1 is 1.25 bits per heavy atom. The van der Waals surface area contributed by atoms with Gasteiger partial charge in [-0.3, -0.25) is 10.1 Å². The van der Waals surface area contributed by atoms with Crippen LogP contribution in [-0.2, 0) is 14.6 Å². The average Bonchev–Trinajstić information content (AvgIpc) is 2.55. The van der Waals surface area contributed by atoms with Crippen molar-refractivity contribution in [2.45, 2.75) is 5.03 Å². The molecule has 0 fully saturated rings. The molecule has 0 aliphatic heterocycles. The van der Waals surface area contributed by atoms with Crippen molar-refractivity contribution in [1.29, 1.82) is 0 Å². The van der Waals surface area contributed by atoms with Crippen LogP contribution in [0.3, 0.4) is 0 Å². The third kappa shape index (κ3) is 4.27. The van der Waals surface area contributed by atoms with Gasteiger partial charge in [0.05, 0.1) is 21.3 Å². The molecular weight excluding hydrogens is 360 g/mol. The van der Waals surface area contributed by atoms with Crippen molar-refractivity contribution in [1.82, 2.24) is 4.98 Å². The van der Waals surface area contributed by atoms with E-state index in [0.717, 1.165) is 18.3 Å². The van der Waals surface area contributed by atoms with Crippen LogP contribution in [0, 0.1) is 10.1 Å². The predicted molar refractivity (Wildman–Crippen MR) is 84.7 cm³/mol. The topological polar surface area (TPSA) is 116 Å². The number of hydrogen-bond donors (Lipinski definition) is 0. The molecule has 0 atom stereocenters. The number of sulfone groups is 1. The van der Waals surface area contributed by atoms with Crippen LogP contribution in [0.2, 0.25) is 5.02 Å². The van der Waals surface area contributed by atoms with E-state index in [1.807, 2.05) is 0 Å². The molecule has 2 rings (SSSR count). The highest BCUT2D eigenvalue weighted by molar-refractivity contribution is 7.91. The summed E-state index contributed by atoms with van der Waals surface area (Å²) in [4.78, 5) is 25.2. The van der Waals surface area contributed by atoms with Gasteiger partial charge in [-0.2, -0.15) is 0 Å². The molecule has 2 aromatic rings. The summed E-state index contributed by atoms with van der Waals surface area (Å²) in [6, 6.07) is 8.27. The smallest absolute Gasteiger partial charge is 0.339 e. The van der Waals surface area contributed by atoms with Gasteiger partial charge in [0.15, 0.2) is 14.9 Å². The Hall–Kier alpha value is -2.52. The van der Waals surface area contributed by atoms with Gasteiger partial charge in [-0.25, -0.2) is 18.2 Å². The minimum Gasteiger partial charge on any atom is -0.461 e. The van der Waals surface area contributed by atoms with Crippen LogP contribution in [0.25, 0.3) is 0 Å². The lowest BCUT2D eigenvalue weighted by atomic mass is 10.2. The van der Waals surface area contributed by atoms with Gasteiger partial charge < -0.3 is 4.74 Å². The molecule has 0 aliphatic rings. The molecule has 1 aromatic heterocycles. The van der Waals surface area contributed by atoms with Crippen molar-refractivity contribution < 1.29 is 22.9 Å². The van der Waals surface area contributed by atoms with Crippen LogP contribution in [0.1, 0.15) is 10.4 Å². The molecular formula is C14H11ClN2O6S. The predicted octanol–water partition coefficient (Wildman–Crippen LogP) is 2.27. The molecule has 0 radical (unpaired) electrons. The molecule has 10 heteroatoms. The lowest BCUT2D eigenvalue weighted by molar-refractivity contribution is -0.385. The van der Waals surface area contributed by atoms with E-state index < -0.39 is 33.1 Å². The zero-order valence-corrected chi connectivity index (χ0v) is 13.7. The van der Waals surface area contributed by atoms with Crippen LogP contribution in [0.15, 0.2) is 47.6 Å². The molecule has 0 amide bonds. The number of halogens is 1. The first-order valence-electron chi connectivity index (χ1n) is 6.56. The van der Waals surface area contributed by atoms with E-state index in [1.54, 1.807) is 12.1 Å². The summed E-state index contributed by atoms with van der Waals surface area (Å²) < 4.78 is 29.0. The maximum atomic E-state index is 12.0. The Morgan fingerprint density at radius 2 is 1.96 bits per heavy atom. The van der Waals surface area contributed by atoms with Crippen molar-refractivity contribution in [3.8, 4) is 0 Å². The molecule has 0 spiro atoms. The van der Waals surface area contributed by atoms with Gasteiger partial charge in [0.25, 0.3) is 5.69 Å². The summed E-state index contributed by atoms with van der Waals surface area (Å²) in [7, 11) is -3.83. The standard InChI is InChI=1S/C14H11ClN2O6S/c15-12-4-2-1-3-11(12)14(18)23-7-8-24(21,22)13-6-5-10(9-16-13)17(19)20/h1-6,9H,7-8H2. The zero-order chi connectivity index (χ0) is 17.7. The van der Waals surface area contributed by atoms with E-state index in [0.29, 0.717) is 0 Å². The fourth-order valence-electron chi connectivity index (χ4n) is 1.72. The lowest BCUT2D eigenvalue weighted by Gasteiger charge is -2.06. The Labute approximate surface area is 142 Å². The number of ether oxygens (including phenoxy) is 1. The van der Waals surface area contributed by atoms with Crippen molar-refractivity contribution in [2.75, 3.05) is 12.4 Å². The number of esters is 1. The molecule has 0 N–H and O–H groups in total. The number of carbonyl (C=O) groups is 1. The average molecular weight is 371 g/mol. The fraction of sp³-hybridized carbons (Fsp3) is 0.143. The number of benzene rings is 1. The maximum Gasteiger partial charge on any atom is 0.339 e. The number of carbonyl (C=O) groups excluding carboxylic acids is 1. The SMILES string of the molecule is O=C(OCCS(=O)(=O)c1ccc([N+](=O)[O-])cn1)c1ccccc1Cl. The molecule has 126 valence electrons. The molecule has 1 heterocycles. The largest absolute Gasteiger partial charge is 0.461 e. The second kappa shape index (κ2) is 7.37. The summed E-state index contributed by atoms with van der Waals surface area (Å²) in [6.45, 7) is -0.398. The Balaban J connectivity index is 1.99. The van der Waals surface area contributed by atoms with E-state index in [4.69, 9.17) is 16.3 Å². The molecule has 1 aromatic carbocycles. The van der Waals surface area contributed by atoms with Crippen LogP contribution < -0.4 is 0 Å². The number of pyridine rings is 1. The first kappa shape index (κ1) is 17.8. The second-order valence-corrected chi connectivity index (χ2v) is 7.01.